The normalized spacial score (nSPS) is 24.1. The van der Waals surface area contributed by atoms with Gasteiger partial charge in [0.15, 0.2) is 0 Å². The Labute approximate surface area is 181 Å². The Morgan fingerprint density at radius 3 is 2.61 bits per heavy atom. The molecule has 1 aliphatic carbocycles. The number of likely N-dealkylation sites (tertiary alicyclic amines) is 1. The first kappa shape index (κ1) is 23.4. The average molecular weight is 429 g/mol. The van der Waals surface area contributed by atoms with Crippen molar-refractivity contribution in [1.29, 1.82) is 0 Å². The molecular formula is C21H34Cl2N4O. The van der Waals surface area contributed by atoms with Gasteiger partial charge in [0, 0.05) is 57.0 Å². The van der Waals surface area contributed by atoms with Gasteiger partial charge in [-0.15, -0.1) is 24.8 Å². The molecule has 3 heterocycles. The van der Waals surface area contributed by atoms with E-state index in [1.54, 1.807) is 0 Å². The lowest BCUT2D eigenvalue weighted by atomic mass is 9.91. The Hall–Kier alpha value is -0.880. The van der Waals surface area contributed by atoms with Gasteiger partial charge in [-0.3, -0.25) is 9.78 Å². The minimum absolute atomic E-state index is 0. The summed E-state index contributed by atoms with van der Waals surface area (Å²) in [6, 6.07) is 6.55. The molecule has 1 aromatic heterocycles. The second kappa shape index (κ2) is 10.2. The third-order valence-corrected chi connectivity index (χ3v) is 6.95. The summed E-state index contributed by atoms with van der Waals surface area (Å²) in [5.74, 6) is 0.718. The summed E-state index contributed by atoms with van der Waals surface area (Å²) in [6.07, 6.45) is 8.58. The van der Waals surface area contributed by atoms with E-state index in [4.69, 9.17) is 0 Å². The van der Waals surface area contributed by atoms with Crippen LogP contribution < -0.4 is 5.32 Å². The number of carbonyl (C=O) groups excluding carboxylic acids is 1. The zero-order valence-corrected chi connectivity index (χ0v) is 18.4. The van der Waals surface area contributed by atoms with E-state index in [1.165, 1.54) is 18.5 Å². The van der Waals surface area contributed by atoms with Crippen LogP contribution in [-0.4, -0.2) is 66.5 Å². The smallest absolute Gasteiger partial charge is 0.226 e. The summed E-state index contributed by atoms with van der Waals surface area (Å²) in [5, 5.41) is 3.43. The molecule has 158 valence electrons. The number of nitrogens with one attached hydrogen (secondary N) is 1. The van der Waals surface area contributed by atoms with Crippen molar-refractivity contribution in [1.82, 2.24) is 20.1 Å². The number of amides is 1. The third-order valence-electron chi connectivity index (χ3n) is 6.95. The van der Waals surface area contributed by atoms with Crippen LogP contribution in [0.25, 0.3) is 0 Å². The van der Waals surface area contributed by atoms with Crippen molar-refractivity contribution < 1.29 is 4.79 Å². The summed E-state index contributed by atoms with van der Waals surface area (Å²) in [7, 11) is 2.05. The summed E-state index contributed by atoms with van der Waals surface area (Å²) >= 11 is 0. The monoisotopic (exact) mass is 428 g/mol. The van der Waals surface area contributed by atoms with Gasteiger partial charge < -0.3 is 15.1 Å². The van der Waals surface area contributed by atoms with Gasteiger partial charge in [0.1, 0.15) is 0 Å². The van der Waals surface area contributed by atoms with Gasteiger partial charge >= 0.3 is 0 Å². The van der Waals surface area contributed by atoms with Crippen molar-refractivity contribution in [2.75, 3.05) is 39.8 Å². The van der Waals surface area contributed by atoms with Gasteiger partial charge in [0.2, 0.25) is 5.91 Å². The molecule has 28 heavy (non-hydrogen) atoms. The molecule has 1 N–H and O–H groups in total. The summed E-state index contributed by atoms with van der Waals surface area (Å²) in [5.41, 5.74) is 1.52. The van der Waals surface area contributed by atoms with Crippen LogP contribution >= 0.6 is 24.8 Å². The molecular weight excluding hydrogens is 395 g/mol. The highest BCUT2D eigenvalue weighted by Gasteiger charge is 2.58. The van der Waals surface area contributed by atoms with Gasteiger partial charge in [-0.1, -0.05) is 6.07 Å². The molecule has 1 atom stereocenters. The lowest BCUT2D eigenvalue weighted by Crippen LogP contribution is -2.47. The lowest BCUT2D eigenvalue weighted by molar-refractivity contribution is -0.135. The molecule has 3 aliphatic rings. The molecule has 7 heteroatoms. The first-order chi connectivity index (χ1) is 12.7. The van der Waals surface area contributed by atoms with Gasteiger partial charge in [0.25, 0.3) is 0 Å². The van der Waals surface area contributed by atoms with Crippen LogP contribution in [0.15, 0.2) is 24.4 Å². The van der Waals surface area contributed by atoms with E-state index in [-0.39, 0.29) is 24.8 Å². The number of aromatic nitrogens is 1. The van der Waals surface area contributed by atoms with Crippen LogP contribution in [0.1, 0.15) is 37.8 Å². The Bertz CT molecular complexity index is 616. The second-order valence-corrected chi connectivity index (χ2v) is 8.46. The number of nitrogens with zero attached hydrogens (tertiary/aromatic N) is 3. The Morgan fingerprint density at radius 1 is 1.25 bits per heavy atom. The largest absolute Gasteiger partial charge is 0.342 e. The van der Waals surface area contributed by atoms with Gasteiger partial charge in [-0.25, -0.2) is 0 Å². The molecule has 3 fully saturated rings. The van der Waals surface area contributed by atoms with Crippen LogP contribution in [0, 0.1) is 11.3 Å². The molecule has 1 unspecified atom stereocenters. The number of pyridine rings is 1. The van der Waals surface area contributed by atoms with Gasteiger partial charge in [0.05, 0.1) is 0 Å². The Balaban J connectivity index is 0.00000140. The quantitative estimate of drug-likeness (QED) is 0.782. The molecule has 2 aliphatic heterocycles. The summed E-state index contributed by atoms with van der Waals surface area (Å²) < 4.78 is 0. The summed E-state index contributed by atoms with van der Waals surface area (Å²) in [4.78, 5) is 22.0. The molecule has 1 aromatic rings. The standard InChI is InChI=1S/C21H32N4O.2ClH/c1-24(20(26)19-16-21(19)8-11-22-12-9-21)18-6-14-25(15-7-18)13-5-17-4-2-3-10-23-17;;/h2-4,10,18-19,22H,5-9,11-16H2,1H3;2*1H. The third kappa shape index (κ3) is 5.18. The topological polar surface area (TPSA) is 48.5 Å². The maximum absolute atomic E-state index is 13.0. The highest BCUT2D eigenvalue weighted by atomic mass is 35.5. The van der Waals surface area contributed by atoms with E-state index >= 15 is 0 Å². The predicted octanol–water partition coefficient (Wildman–Crippen LogP) is 2.78. The van der Waals surface area contributed by atoms with Crippen molar-refractivity contribution in [2.45, 2.75) is 44.6 Å². The zero-order chi connectivity index (χ0) is 18.0. The van der Waals surface area contributed by atoms with E-state index in [9.17, 15) is 4.79 Å². The maximum atomic E-state index is 13.0. The minimum Gasteiger partial charge on any atom is -0.342 e. The van der Waals surface area contributed by atoms with Crippen LogP contribution in [0.4, 0.5) is 0 Å². The molecule has 0 radical (unpaired) electrons. The molecule has 0 aromatic carbocycles. The fourth-order valence-corrected chi connectivity index (χ4v) is 4.95. The van der Waals surface area contributed by atoms with Crippen LogP contribution in [-0.2, 0) is 11.2 Å². The zero-order valence-electron chi connectivity index (χ0n) is 16.8. The average Bonchev–Trinajstić information content (AvgIpc) is 3.39. The van der Waals surface area contributed by atoms with E-state index in [0.717, 1.165) is 58.4 Å². The molecule has 1 spiro atoms. The fourth-order valence-electron chi connectivity index (χ4n) is 4.95. The molecule has 4 rings (SSSR count). The van der Waals surface area contributed by atoms with E-state index in [1.807, 2.05) is 19.3 Å². The fraction of sp³-hybridized carbons (Fsp3) is 0.714. The summed E-state index contributed by atoms with van der Waals surface area (Å²) in [6.45, 7) is 5.42. The van der Waals surface area contributed by atoms with E-state index in [2.05, 4.69) is 32.2 Å². The molecule has 5 nitrogen and oxygen atoms in total. The number of rotatable bonds is 5. The van der Waals surface area contributed by atoms with Crippen molar-refractivity contribution in [3.63, 3.8) is 0 Å². The van der Waals surface area contributed by atoms with E-state index < -0.39 is 0 Å². The van der Waals surface area contributed by atoms with Crippen LogP contribution in [0.5, 0.6) is 0 Å². The SMILES string of the molecule is CN(C(=O)C1CC12CCNCC2)C1CCN(CCc2ccccn2)CC1.Cl.Cl. The first-order valence-corrected chi connectivity index (χ1v) is 10.3. The highest BCUT2D eigenvalue weighted by Crippen LogP contribution is 2.59. The van der Waals surface area contributed by atoms with Crippen molar-refractivity contribution >= 4 is 30.7 Å². The first-order valence-electron chi connectivity index (χ1n) is 10.3. The molecule has 2 saturated heterocycles. The maximum Gasteiger partial charge on any atom is 0.226 e. The van der Waals surface area contributed by atoms with Crippen molar-refractivity contribution in [3.05, 3.63) is 30.1 Å². The predicted molar refractivity (Wildman–Crippen MR) is 117 cm³/mol. The Kier molecular flexibility index (Phi) is 8.56. The lowest BCUT2D eigenvalue weighted by Gasteiger charge is -2.37. The van der Waals surface area contributed by atoms with Gasteiger partial charge in [-0.2, -0.15) is 0 Å². The number of hydrogen-bond donors (Lipinski definition) is 1. The number of halogens is 2. The van der Waals surface area contributed by atoms with Crippen molar-refractivity contribution in [2.24, 2.45) is 11.3 Å². The van der Waals surface area contributed by atoms with Crippen LogP contribution in [0.3, 0.4) is 0 Å². The van der Waals surface area contributed by atoms with E-state index in [0.29, 0.717) is 23.3 Å². The molecule has 1 amide bonds. The van der Waals surface area contributed by atoms with Crippen molar-refractivity contribution in [3.8, 4) is 0 Å². The van der Waals surface area contributed by atoms with Gasteiger partial charge in [-0.05, 0) is 62.7 Å². The highest BCUT2D eigenvalue weighted by molar-refractivity contribution is 5.85. The number of piperidine rings is 2. The minimum atomic E-state index is 0. The molecule has 0 bridgehead atoms. The Morgan fingerprint density at radius 2 is 1.96 bits per heavy atom. The number of carbonyl (C=O) groups is 1. The molecule has 1 saturated carbocycles. The second-order valence-electron chi connectivity index (χ2n) is 8.46. The number of hydrogen-bond acceptors (Lipinski definition) is 4. The van der Waals surface area contributed by atoms with Crippen LogP contribution in [0.2, 0.25) is 0 Å².